The SMILES string of the molecule is FC(F)Oc1ccccc1CNc1ccc2nnc(-c3ccsc3)n2n1. The third kappa shape index (κ3) is 3.33. The normalized spacial score (nSPS) is 11.2. The lowest BCUT2D eigenvalue weighted by atomic mass is 10.2. The van der Waals surface area contributed by atoms with Gasteiger partial charge >= 0.3 is 6.61 Å². The van der Waals surface area contributed by atoms with Gasteiger partial charge in [0, 0.05) is 23.1 Å². The van der Waals surface area contributed by atoms with Gasteiger partial charge in [-0.05, 0) is 29.6 Å². The summed E-state index contributed by atoms with van der Waals surface area (Å²) in [5, 5.41) is 19.8. The number of thiophene rings is 1. The average Bonchev–Trinajstić information content (AvgIpc) is 3.29. The molecule has 6 nitrogen and oxygen atoms in total. The van der Waals surface area contributed by atoms with E-state index in [9.17, 15) is 8.78 Å². The molecular weight excluding hydrogens is 360 g/mol. The molecule has 0 spiro atoms. The number of hydrogen-bond donors (Lipinski definition) is 1. The number of aromatic nitrogens is 4. The minimum Gasteiger partial charge on any atom is -0.434 e. The fourth-order valence-corrected chi connectivity index (χ4v) is 3.14. The highest BCUT2D eigenvalue weighted by Gasteiger charge is 2.12. The molecule has 0 aliphatic carbocycles. The fourth-order valence-electron chi connectivity index (χ4n) is 2.50. The van der Waals surface area contributed by atoms with Crippen LogP contribution in [0, 0.1) is 0 Å². The summed E-state index contributed by atoms with van der Waals surface area (Å²) in [7, 11) is 0. The molecule has 0 unspecified atom stereocenters. The first-order valence-corrected chi connectivity index (χ1v) is 8.66. The summed E-state index contributed by atoms with van der Waals surface area (Å²) < 4.78 is 31.2. The zero-order valence-electron chi connectivity index (χ0n) is 13.3. The number of halogens is 2. The zero-order chi connectivity index (χ0) is 17.9. The van der Waals surface area contributed by atoms with Crippen molar-refractivity contribution < 1.29 is 13.5 Å². The van der Waals surface area contributed by atoms with Crippen molar-refractivity contribution in [2.45, 2.75) is 13.2 Å². The molecule has 1 aromatic carbocycles. The maximum absolute atomic E-state index is 12.5. The van der Waals surface area contributed by atoms with E-state index in [1.807, 2.05) is 16.8 Å². The predicted octanol–water partition coefficient (Wildman–Crippen LogP) is 4.07. The molecule has 0 fully saturated rings. The number of nitrogens with one attached hydrogen (secondary N) is 1. The molecule has 0 saturated heterocycles. The van der Waals surface area contributed by atoms with Crippen LogP contribution in [-0.2, 0) is 6.54 Å². The lowest BCUT2D eigenvalue weighted by Gasteiger charge is -2.11. The summed E-state index contributed by atoms with van der Waals surface area (Å²) >= 11 is 1.56. The van der Waals surface area contributed by atoms with Gasteiger partial charge in [0.15, 0.2) is 11.5 Å². The number of benzene rings is 1. The molecule has 0 amide bonds. The summed E-state index contributed by atoms with van der Waals surface area (Å²) in [5.74, 6) is 1.35. The summed E-state index contributed by atoms with van der Waals surface area (Å²) in [6.45, 7) is -2.58. The number of alkyl halides is 2. The van der Waals surface area contributed by atoms with E-state index in [0.717, 1.165) is 5.56 Å². The van der Waals surface area contributed by atoms with E-state index in [1.54, 1.807) is 46.2 Å². The zero-order valence-corrected chi connectivity index (χ0v) is 14.2. The Morgan fingerprint density at radius 3 is 2.81 bits per heavy atom. The van der Waals surface area contributed by atoms with Gasteiger partial charge < -0.3 is 10.1 Å². The summed E-state index contributed by atoms with van der Waals surface area (Å²) in [6, 6.07) is 12.1. The monoisotopic (exact) mass is 373 g/mol. The second-order valence-corrected chi connectivity index (χ2v) is 6.14. The molecule has 0 aliphatic heterocycles. The van der Waals surface area contributed by atoms with Crippen molar-refractivity contribution in [2.24, 2.45) is 0 Å². The van der Waals surface area contributed by atoms with E-state index in [1.165, 1.54) is 6.07 Å². The lowest BCUT2D eigenvalue weighted by Crippen LogP contribution is -2.08. The Hall–Kier alpha value is -3.07. The molecule has 0 bridgehead atoms. The molecule has 0 atom stereocenters. The smallest absolute Gasteiger partial charge is 0.387 e. The van der Waals surface area contributed by atoms with Crippen LogP contribution >= 0.6 is 11.3 Å². The molecule has 3 heterocycles. The highest BCUT2D eigenvalue weighted by Crippen LogP contribution is 2.23. The maximum Gasteiger partial charge on any atom is 0.387 e. The quantitative estimate of drug-likeness (QED) is 0.552. The van der Waals surface area contributed by atoms with Gasteiger partial charge in [-0.15, -0.1) is 15.3 Å². The molecule has 132 valence electrons. The van der Waals surface area contributed by atoms with Crippen LogP contribution < -0.4 is 10.1 Å². The molecule has 0 radical (unpaired) electrons. The Labute approximate surface area is 151 Å². The van der Waals surface area contributed by atoms with Crippen LogP contribution in [0.1, 0.15) is 5.56 Å². The van der Waals surface area contributed by atoms with Crippen molar-refractivity contribution in [1.82, 2.24) is 19.8 Å². The molecule has 4 aromatic rings. The lowest BCUT2D eigenvalue weighted by molar-refractivity contribution is -0.0504. The van der Waals surface area contributed by atoms with E-state index in [2.05, 4.69) is 25.3 Å². The van der Waals surface area contributed by atoms with E-state index >= 15 is 0 Å². The van der Waals surface area contributed by atoms with Crippen LogP contribution in [0.5, 0.6) is 5.75 Å². The Bertz CT molecular complexity index is 1020. The van der Waals surface area contributed by atoms with Gasteiger partial charge in [-0.1, -0.05) is 18.2 Å². The Kier molecular flexibility index (Phi) is 4.44. The number of ether oxygens (including phenoxy) is 1. The van der Waals surface area contributed by atoms with Gasteiger partial charge in [-0.3, -0.25) is 0 Å². The topological polar surface area (TPSA) is 64.3 Å². The minimum atomic E-state index is -2.86. The van der Waals surface area contributed by atoms with Crippen molar-refractivity contribution in [3.63, 3.8) is 0 Å². The number of rotatable bonds is 6. The van der Waals surface area contributed by atoms with Crippen molar-refractivity contribution in [3.05, 3.63) is 58.8 Å². The van der Waals surface area contributed by atoms with Crippen LogP contribution in [0.2, 0.25) is 0 Å². The van der Waals surface area contributed by atoms with Gasteiger partial charge in [-0.2, -0.15) is 24.6 Å². The van der Waals surface area contributed by atoms with Gasteiger partial charge in [0.1, 0.15) is 11.6 Å². The van der Waals surface area contributed by atoms with Crippen LogP contribution in [0.4, 0.5) is 14.6 Å². The molecule has 0 saturated carbocycles. The van der Waals surface area contributed by atoms with Crippen molar-refractivity contribution in [2.75, 3.05) is 5.32 Å². The minimum absolute atomic E-state index is 0.138. The molecular formula is C17H13F2N5OS. The van der Waals surface area contributed by atoms with Crippen molar-refractivity contribution in [3.8, 4) is 17.1 Å². The number of para-hydroxylation sites is 1. The largest absolute Gasteiger partial charge is 0.434 e. The third-order valence-corrected chi connectivity index (χ3v) is 4.37. The highest BCUT2D eigenvalue weighted by molar-refractivity contribution is 7.08. The Morgan fingerprint density at radius 1 is 1.12 bits per heavy atom. The van der Waals surface area contributed by atoms with Gasteiger partial charge in [-0.25, -0.2) is 0 Å². The standard InChI is InChI=1S/C17H13F2N5OS/c18-17(19)25-13-4-2-1-3-11(13)9-20-14-5-6-15-21-22-16(24(15)23-14)12-7-8-26-10-12/h1-8,10,17H,9H2,(H,20,23). The molecule has 9 heteroatoms. The van der Waals surface area contributed by atoms with Crippen LogP contribution in [-0.4, -0.2) is 26.4 Å². The number of anilines is 1. The van der Waals surface area contributed by atoms with Crippen molar-refractivity contribution in [1.29, 1.82) is 0 Å². The van der Waals surface area contributed by atoms with Crippen LogP contribution in [0.3, 0.4) is 0 Å². The Morgan fingerprint density at radius 2 is 2.00 bits per heavy atom. The van der Waals surface area contributed by atoms with Gasteiger partial charge in [0.2, 0.25) is 0 Å². The molecule has 26 heavy (non-hydrogen) atoms. The first kappa shape index (κ1) is 16.4. The Balaban J connectivity index is 1.58. The molecule has 0 aliphatic rings. The number of nitrogens with zero attached hydrogens (tertiary/aromatic N) is 4. The third-order valence-electron chi connectivity index (χ3n) is 3.69. The van der Waals surface area contributed by atoms with Gasteiger partial charge in [0.05, 0.1) is 0 Å². The number of hydrogen-bond acceptors (Lipinski definition) is 6. The van der Waals surface area contributed by atoms with Crippen LogP contribution in [0.25, 0.3) is 17.0 Å². The van der Waals surface area contributed by atoms with E-state index < -0.39 is 6.61 Å². The first-order chi connectivity index (χ1) is 12.7. The van der Waals surface area contributed by atoms with E-state index in [4.69, 9.17) is 0 Å². The average molecular weight is 373 g/mol. The van der Waals surface area contributed by atoms with Crippen molar-refractivity contribution >= 4 is 22.8 Å². The predicted molar refractivity (Wildman–Crippen MR) is 94.5 cm³/mol. The second-order valence-electron chi connectivity index (χ2n) is 5.36. The molecule has 1 N–H and O–H groups in total. The molecule has 4 rings (SSSR count). The second kappa shape index (κ2) is 7.04. The van der Waals surface area contributed by atoms with Gasteiger partial charge in [0.25, 0.3) is 0 Å². The molecule has 3 aromatic heterocycles. The summed E-state index contributed by atoms with van der Waals surface area (Å²) in [5.41, 5.74) is 2.16. The summed E-state index contributed by atoms with van der Waals surface area (Å²) in [4.78, 5) is 0. The fraction of sp³-hybridized carbons (Fsp3) is 0.118. The van der Waals surface area contributed by atoms with E-state index in [-0.39, 0.29) is 12.3 Å². The van der Waals surface area contributed by atoms with E-state index in [0.29, 0.717) is 22.9 Å². The summed E-state index contributed by atoms with van der Waals surface area (Å²) in [6.07, 6.45) is 0. The van der Waals surface area contributed by atoms with Crippen LogP contribution in [0.15, 0.2) is 53.2 Å². The first-order valence-electron chi connectivity index (χ1n) is 7.72. The maximum atomic E-state index is 12.5. The number of fused-ring (bicyclic) bond motifs is 1. The highest BCUT2D eigenvalue weighted by atomic mass is 32.1.